The lowest BCUT2D eigenvalue weighted by Crippen LogP contribution is -1.63. The van der Waals surface area contributed by atoms with Crippen LogP contribution in [0.5, 0.6) is 0 Å². The molecule has 0 aromatic carbocycles. The van der Waals surface area contributed by atoms with Crippen LogP contribution in [-0.4, -0.2) is 13.0 Å². The van der Waals surface area contributed by atoms with Gasteiger partial charge in [-0.15, -0.1) is 11.8 Å². The predicted octanol–water partition coefficient (Wildman–Crippen LogP) is 2.47. The second kappa shape index (κ2) is 5.63. The van der Waals surface area contributed by atoms with Crippen molar-refractivity contribution in [2.75, 3.05) is 6.26 Å². The fourth-order valence-electron chi connectivity index (χ4n) is 0.364. The summed E-state index contributed by atoms with van der Waals surface area (Å²) in [6, 6.07) is 0. The highest BCUT2D eigenvalue weighted by Crippen LogP contribution is 2.10. The largest absolute Gasteiger partial charge is 0.258 e. The van der Waals surface area contributed by atoms with Gasteiger partial charge in [0.05, 0.1) is 5.03 Å². The third-order valence-electron chi connectivity index (χ3n) is 0.796. The second-order valence-corrected chi connectivity index (χ2v) is 2.22. The van der Waals surface area contributed by atoms with Crippen molar-refractivity contribution in [3.05, 3.63) is 23.3 Å². The lowest BCUT2D eigenvalue weighted by Gasteiger charge is -1.88. The van der Waals surface area contributed by atoms with E-state index < -0.39 is 0 Å². The quantitative estimate of drug-likeness (QED) is 0.434. The molecule has 0 atom stereocenters. The van der Waals surface area contributed by atoms with E-state index in [1.165, 1.54) is 0 Å². The molecule has 0 aromatic rings. The van der Waals surface area contributed by atoms with Crippen LogP contribution in [0.25, 0.3) is 0 Å². The Labute approximate surface area is 60.6 Å². The molecular formula is C7H11NS. The number of rotatable bonds is 3. The van der Waals surface area contributed by atoms with E-state index in [0.29, 0.717) is 0 Å². The van der Waals surface area contributed by atoms with Crippen molar-refractivity contribution in [1.82, 2.24) is 0 Å². The molecule has 0 spiro atoms. The van der Waals surface area contributed by atoms with Crippen LogP contribution in [0, 0.1) is 0 Å². The Morgan fingerprint density at radius 3 is 2.67 bits per heavy atom. The predicted molar refractivity (Wildman–Crippen MR) is 46.0 cm³/mol. The van der Waals surface area contributed by atoms with Crippen LogP contribution in [-0.2, 0) is 0 Å². The molecular weight excluding hydrogens is 130 g/mol. The molecule has 0 bridgehead atoms. The summed E-state index contributed by atoms with van der Waals surface area (Å²) in [5.74, 6) is 0. The second-order valence-electron chi connectivity index (χ2n) is 1.39. The average Bonchev–Trinajstić information content (AvgIpc) is 1.91. The Bertz CT molecular complexity index is 136. The molecule has 2 heteroatoms. The highest BCUT2D eigenvalue weighted by molar-refractivity contribution is 8.02. The Morgan fingerprint density at radius 2 is 2.33 bits per heavy atom. The van der Waals surface area contributed by atoms with Gasteiger partial charge in [-0.2, -0.15) is 0 Å². The summed E-state index contributed by atoms with van der Waals surface area (Å²) in [6.07, 6.45) is 7.81. The maximum atomic E-state index is 3.77. The van der Waals surface area contributed by atoms with Gasteiger partial charge in [0.15, 0.2) is 0 Å². The van der Waals surface area contributed by atoms with Crippen LogP contribution in [0.1, 0.15) is 6.92 Å². The van der Waals surface area contributed by atoms with Crippen LogP contribution in [0.15, 0.2) is 28.2 Å². The van der Waals surface area contributed by atoms with Crippen molar-refractivity contribution < 1.29 is 0 Å². The molecule has 0 amide bonds. The average molecular weight is 141 g/mol. The minimum Gasteiger partial charge on any atom is -0.258 e. The highest BCUT2D eigenvalue weighted by atomic mass is 32.2. The fourth-order valence-corrected chi connectivity index (χ4v) is 0.708. The van der Waals surface area contributed by atoms with E-state index in [-0.39, 0.29) is 0 Å². The molecule has 0 aliphatic heterocycles. The van der Waals surface area contributed by atoms with Crippen LogP contribution >= 0.6 is 11.8 Å². The zero-order chi connectivity index (χ0) is 7.11. The van der Waals surface area contributed by atoms with Crippen molar-refractivity contribution in [2.45, 2.75) is 6.92 Å². The third kappa shape index (κ3) is 4.03. The lowest BCUT2D eigenvalue weighted by molar-refractivity contribution is 1.55. The summed E-state index contributed by atoms with van der Waals surface area (Å²) in [5, 5.41) is 0.952. The van der Waals surface area contributed by atoms with Gasteiger partial charge in [-0.25, -0.2) is 0 Å². The van der Waals surface area contributed by atoms with Gasteiger partial charge in [0.25, 0.3) is 0 Å². The maximum absolute atomic E-state index is 3.77. The van der Waals surface area contributed by atoms with Gasteiger partial charge in [-0.3, -0.25) is 4.99 Å². The maximum Gasteiger partial charge on any atom is 0.0949 e. The first kappa shape index (κ1) is 8.50. The highest BCUT2D eigenvalue weighted by Gasteiger charge is 1.81. The molecule has 0 aliphatic carbocycles. The van der Waals surface area contributed by atoms with Gasteiger partial charge in [0.1, 0.15) is 0 Å². The number of thioether (sulfide) groups is 1. The van der Waals surface area contributed by atoms with E-state index in [1.807, 2.05) is 31.4 Å². The summed E-state index contributed by atoms with van der Waals surface area (Å²) in [5.41, 5.74) is 0. The molecule has 0 N–H and O–H groups in total. The number of aliphatic imine (C=N–C) groups is 1. The fraction of sp³-hybridized carbons (Fsp3) is 0.286. The smallest absolute Gasteiger partial charge is 0.0949 e. The zero-order valence-corrected chi connectivity index (χ0v) is 6.61. The summed E-state index contributed by atoms with van der Waals surface area (Å²) < 4.78 is 0. The van der Waals surface area contributed by atoms with Crippen molar-refractivity contribution in [1.29, 1.82) is 0 Å². The summed E-state index contributed by atoms with van der Waals surface area (Å²) >= 11 is 1.59. The molecule has 0 radical (unpaired) electrons. The van der Waals surface area contributed by atoms with Crippen LogP contribution < -0.4 is 0 Å². The number of hydrogen-bond acceptors (Lipinski definition) is 2. The first-order valence-electron chi connectivity index (χ1n) is 2.68. The van der Waals surface area contributed by atoms with Crippen LogP contribution in [0.3, 0.4) is 0 Å². The summed E-state index contributed by atoms with van der Waals surface area (Å²) in [4.78, 5) is 3.77. The third-order valence-corrected chi connectivity index (χ3v) is 1.48. The van der Waals surface area contributed by atoms with Gasteiger partial charge in [0.2, 0.25) is 0 Å². The van der Waals surface area contributed by atoms with Crippen LogP contribution in [0.2, 0.25) is 0 Å². The van der Waals surface area contributed by atoms with E-state index in [1.54, 1.807) is 11.8 Å². The standard InChI is InChI=1S/C7H11NS/c1-4-5-6-7(8-2)9-3/h4-6H,2H2,1,3H3/b5-4-,7-6+. The molecule has 0 aromatic heterocycles. The van der Waals surface area contributed by atoms with Gasteiger partial charge >= 0.3 is 0 Å². The minimum absolute atomic E-state index is 0.952. The number of nitrogens with zero attached hydrogens (tertiary/aromatic N) is 1. The van der Waals surface area contributed by atoms with Crippen molar-refractivity contribution >= 4 is 18.5 Å². The normalized spacial score (nSPS) is 12.4. The molecule has 0 unspecified atom stereocenters. The van der Waals surface area contributed by atoms with Gasteiger partial charge in [-0.1, -0.05) is 12.2 Å². The SMILES string of the molecule is C=N/C(=C\C=C/C)SC. The first-order valence-corrected chi connectivity index (χ1v) is 3.91. The van der Waals surface area contributed by atoms with Crippen molar-refractivity contribution in [3.8, 4) is 0 Å². The summed E-state index contributed by atoms with van der Waals surface area (Å²) in [7, 11) is 0. The molecule has 50 valence electrons. The first-order chi connectivity index (χ1) is 4.35. The monoisotopic (exact) mass is 141 g/mol. The topological polar surface area (TPSA) is 12.4 Å². The van der Waals surface area contributed by atoms with Crippen LogP contribution in [0.4, 0.5) is 0 Å². The zero-order valence-electron chi connectivity index (χ0n) is 5.79. The van der Waals surface area contributed by atoms with E-state index >= 15 is 0 Å². The Balaban J connectivity index is 3.90. The van der Waals surface area contributed by atoms with E-state index in [0.717, 1.165) is 5.03 Å². The van der Waals surface area contributed by atoms with Crippen molar-refractivity contribution in [3.63, 3.8) is 0 Å². The lowest BCUT2D eigenvalue weighted by atomic mass is 10.5. The van der Waals surface area contributed by atoms with Gasteiger partial charge < -0.3 is 0 Å². The summed E-state index contributed by atoms with van der Waals surface area (Å²) in [6.45, 7) is 5.38. The molecule has 0 rings (SSSR count). The number of allylic oxidation sites excluding steroid dienone is 3. The Morgan fingerprint density at radius 1 is 1.67 bits per heavy atom. The van der Waals surface area contributed by atoms with Gasteiger partial charge in [0, 0.05) is 0 Å². The van der Waals surface area contributed by atoms with E-state index in [9.17, 15) is 0 Å². The molecule has 1 nitrogen and oxygen atoms in total. The molecule has 0 aliphatic rings. The van der Waals surface area contributed by atoms with E-state index in [4.69, 9.17) is 0 Å². The van der Waals surface area contributed by atoms with Gasteiger partial charge in [-0.05, 0) is 26.0 Å². The molecule has 0 heterocycles. The molecule has 0 fully saturated rings. The van der Waals surface area contributed by atoms with E-state index in [2.05, 4.69) is 11.7 Å². The molecule has 0 saturated heterocycles. The number of hydrogen-bond donors (Lipinski definition) is 0. The molecule has 0 saturated carbocycles. The minimum atomic E-state index is 0.952. The Hall–Kier alpha value is -0.500. The Kier molecular flexibility index (Phi) is 5.32. The van der Waals surface area contributed by atoms with Crippen molar-refractivity contribution in [2.24, 2.45) is 4.99 Å². The molecule has 9 heavy (non-hydrogen) atoms.